The summed E-state index contributed by atoms with van der Waals surface area (Å²) in [6.45, 7) is 0. The van der Waals surface area contributed by atoms with Crippen molar-refractivity contribution in [3.05, 3.63) is 90.3 Å². The van der Waals surface area contributed by atoms with Crippen molar-refractivity contribution in [3.63, 3.8) is 0 Å². The van der Waals surface area contributed by atoms with Crippen molar-refractivity contribution in [2.45, 2.75) is 0 Å². The van der Waals surface area contributed by atoms with Gasteiger partial charge in [0.2, 0.25) is 0 Å². The molecule has 0 aliphatic rings. The van der Waals surface area contributed by atoms with Gasteiger partial charge in [0.25, 0.3) is 0 Å². The van der Waals surface area contributed by atoms with E-state index in [0.29, 0.717) is 5.56 Å². The second-order valence-corrected chi connectivity index (χ2v) is 5.18. The van der Waals surface area contributed by atoms with Gasteiger partial charge in [-0.25, -0.2) is 9.80 Å². The summed E-state index contributed by atoms with van der Waals surface area (Å²) in [5, 5.41) is 6.35. The SMILES string of the molecule is COC(=O)c1ccc(N(/N=C/c2ccccn2)c2ccccc2)cc1. The molecule has 0 amide bonds. The Hall–Kier alpha value is -3.47. The van der Waals surface area contributed by atoms with Crippen LogP contribution in [0.15, 0.2) is 84.1 Å². The van der Waals surface area contributed by atoms with Gasteiger partial charge in [0.1, 0.15) is 0 Å². The van der Waals surface area contributed by atoms with E-state index in [1.54, 1.807) is 29.6 Å². The second kappa shape index (κ2) is 7.88. The molecule has 0 saturated carbocycles. The molecule has 0 spiro atoms. The molecule has 0 fully saturated rings. The number of carbonyl (C=O) groups excluding carboxylic acids is 1. The first kappa shape index (κ1) is 16.4. The molecule has 2 aromatic carbocycles. The van der Waals surface area contributed by atoms with Gasteiger partial charge < -0.3 is 4.74 Å². The quantitative estimate of drug-likeness (QED) is 0.402. The molecule has 0 aliphatic carbocycles. The molecule has 0 atom stereocenters. The number of pyridine rings is 1. The predicted octanol–water partition coefficient (Wildman–Crippen LogP) is 4.04. The molecule has 0 bridgehead atoms. The maximum Gasteiger partial charge on any atom is 0.337 e. The third-order valence-corrected chi connectivity index (χ3v) is 3.53. The van der Waals surface area contributed by atoms with E-state index >= 15 is 0 Å². The lowest BCUT2D eigenvalue weighted by Gasteiger charge is -2.19. The largest absolute Gasteiger partial charge is 0.465 e. The smallest absolute Gasteiger partial charge is 0.337 e. The summed E-state index contributed by atoms with van der Waals surface area (Å²) in [6, 6.07) is 22.5. The highest BCUT2D eigenvalue weighted by Crippen LogP contribution is 2.26. The molecule has 3 aromatic rings. The average molecular weight is 331 g/mol. The molecule has 0 saturated heterocycles. The van der Waals surface area contributed by atoms with Gasteiger partial charge in [-0.05, 0) is 48.5 Å². The van der Waals surface area contributed by atoms with E-state index in [-0.39, 0.29) is 5.97 Å². The van der Waals surface area contributed by atoms with Gasteiger partial charge in [0.05, 0.1) is 36.0 Å². The number of methoxy groups -OCH3 is 1. The van der Waals surface area contributed by atoms with Crippen LogP contribution in [-0.2, 0) is 4.74 Å². The van der Waals surface area contributed by atoms with Crippen LogP contribution in [0.1, 0.15) is 16.1 Å². The van der Waals surface area contributed by atoms with Gasteiger partial charge in [0.15, 0.2) is 0 Å². The summed E-state index contributed by atoms with van der Waals surface area (Å²) in [5.41, 5.74) is 2.98. The Morgan fingerprint density at radius 3 is 2.28 bits per heavy atom. The Morgan fingerprint density at radius 1 is 0.960 bits per heavy atom. The predicted molar refractivity (Wildman–Crippen MR) is 98.2 cm³/mol. The highest BCUT2D eigenvalue weighted by molar-refractivity contribution is 5.90. The molecule has 0 radical (unpaired) electrons. The fourth-order valence-electron chi connectivity index (χ4n) is 2.28. The van der Waals surface area contributed by atoms with Crippen molar-refractivity contribution in [3.8, 4) is 0 Å². The summed E-state index contributed by atoms with van der Waals surface area (Å²) in [7, 11) is 1.36. The molecule has 25 heavy (non-hydrogen) atoms. The van der Waals surface area contributed by atoms with Crippen LogP contribution in [0, 0.1) is 0 Å². The number of hydrazone groups is 1. The van der Waals surface area contributed by atoms with E-state index in [4.69, 9.17) is 4.74 Å². The molecule has 5 nitrogen and oxygen atoms in total. The number of aromatic nitrogens is 1. The Morgan fingerprint density at radius 2 is 1.64 bits per heavy atom. The van der Waals surface area contributed by atoms with Crippen LogP contribution >= 0.6 is 0 Å². The minimum Gasteiger partial charge on any atom is -0.465 e. The van der Waals surface area contributed by atoms with Crippen LogP contribution in [0.25, 0.3) is 0 Å². The first-order chi connectivity index (χ1) is 12.3. The van der Waals surface area contributed by atoms with Crippen molar-refractivity contribution in [2.75, 3.05) is 12.1 Å². The lowest BCUT2D eigenvalue weighted by molar-refractivity contribution is 0.0601. The third-order valence-electron chi connectivity index (χ3n) is 3.53. The monoisotopic (exact) mass is 331 g/mol. The lowest BCUT2D eigenvalue weighted by Crippen LogP contribution is -2.10. The summed E-state index contributed by atoms with van der Waals surface area (Å²) in [6.07, 6.45) is 3.42. The highest BCUT2D eigenvalue weighted by Gasteiger charge is 2.10. The van der Waals surface area contributed by atoms with Crippen molar-refractivity contribution in [1.82, 2.24) is 4.98 Å². The van der Waals surface area contributed by atoms with E-state index < -0.39 is 0 Å². The highest BCUT2D eigenvalue weighted by atomic mass is 16.5. The van der Waals surface area contributed by atoms with Crippen molar-refractivity contribution >= 4 is 23.6 Å². The number of para-hydroxylation sites is 1. The average Bonchev–Trinajstić information content (AvgIpc) is 2.69. The zero-order valence-electron chi connectivity index (χ0n) is 13.7. The van der Waals surface area contributed by atoms with E-state index in [1.807, 2.05) is 60.7 Å². The Bertz CT molecular complexity index is 847. The van der Waals surface area contributed by atoms with Gasteiger partial charge in [-0.1, -0.05) is 24.3 Å². The summed E-state index contributed by atoms with van der Waals surface area (Å²) in [5.74, 6) is -0.366. The van der Waals surface area contributed by atoms with Gasteiger partial charge in [-0.3, -0.25) is 4.98 Å². The molecule has 124 valence electrons. The number of carbonyl (C=O) groups is 1. The molecule has 3 rings (SSSR count). The van der Waals surface area contributed by atoms with Crippen LogP contribution < -0.4 is 5.01 Å². The number of esters is 1. The van der Waals surface area contributed by atoms with Gasteiger partial charge in [-0.15, -0.1) is 0 Å². The van der Waals surface area contributed by atoms with E-state index in [0.717, 1.165) is 17.1 Å². The minimum atomic E-state index is -0.366. The second-order valence-electron chi connectivity index (χ2n) is 5.18. The topological polar surface area (TPSA) is 54.8 Å². The van der Waals surface area contributed by atoms with Crippen LogP contribution in [0.4, 0.5) is 11.4 Å². The number of benzene rings is 2. The molecule has 0 N–H and O–H groups in total. The van der Waals surface area contributed by atoms with Crippen LogP contribution in [0.2, 0.25) is 0 Å². The maximum atomic E-state index is 11.6. The number of hydrogen-bond donors (Lipinski definition) is 0. The number of anilines is 2. The van der Waals surface area contributed by atoms with Gasteiger partial charge in [0, 0.05) is 6.20 Å². The normalized spacial score (nSPS) is 10.6. The lowest BCUT2D eigenvalue weighted by atomic mass is 10.2. The van der Waals surface area contributed by atoms with Crippen LogP contribution in [0.5, 0.6) is 0 Å². The number of hydrogen-bond acceptors (Lipinski definition) is 5. The molecule has 0 unspecified atom stereocenters. The first-order valence-corrected chi connectivity index (χ1v) is 7.76. The Kier molecular flexibility index (Phi) is 5.16. The van der Waals surface area contributed by atoms with E-state index in [2.05, 4.69) is 10.1 Å². The van der Waals surface area contributed by atoms with Crippen molar-refractivity contribution in [1.29, 1.82) is 0 Å². The molecule has 1 aromatic heterocycles. The van der Waals surface area contributed by atoms with Crippen molar-refractivity contribution < 1.29 is 9.53 Å². The minimum absolute atomic E-state index is 0.366. The number of ether oxygens (including phenoxy) is 1. The van der Waals surface area contributed by atoms with Crippen LogP contribution in [-0.4, -0.2) is 24.3 Å². The van der Waals surface area contributed by atoms with E-state index in [1.165, 1.54) is 7.11 Å². The summed E-state index contributed by atoms with van der Waals surface area (Å²) >= 11 is 0. The summed E-state index contributed by atoms with van der Waals surface area (Å²) < 4.78 is 4.74. The third kappa shape index (κ3) is 4.09. The standard InChI is InChI=1S/C20H17N3O2/c1-25-20(24)16-10-12-19(13-11-16)23(18-8-3-2-4-9-18)22-15-17-7-5-6-14-21-17/h2-15H,1H3/b22-15+. The van der Waals surface area contributed by atoms with Gasteiger partial charge in [-0.2, -0.15) is 5.10 Å². The number of nitrogens with zero attached hydrogens (tertiary/aromatic N) is 3. The zero-order chi connectivity index (χ0) is 17.5. The first-order valence-electron chi connectivity index (χ1n) is 7.76. The van der Waals surface area contributed by atoms with Gasteiger partial charge >= 0.3 is 5.97 Å². The molecular weight excluding hydrogens is 314 g/mol. The molecule has 0 aliphatic heterocycles. The molecule has 1 heterocycles. The Labute approximate surface area is 146 Å². The summed E-state index contributed by atoms with van der Waals surface area (Å²) in [4.78, 5) is 15.9. The van der Waals surface area contributed by atoms with Crippen LogP contribution in [0.3, 0.4) is 0 Å². The maximum absolute atomic E-state index is 11.6. The molecular formula is C20H17N3O2. The fraction of sp³-hybridized carbons (Fsp3) is 0.0500. The fourth-order valence-corrected chi connectivity index (χ4v) is 2.28. The number of rotatable bonds is 5. The molecule has 5 heteroatoms. The Balaban J connectivity index is 1.94. The van der Waals surface area contributed by atoms with Crippen molar-refractivity contribution in [2.24, 2.45) is 5.10 Å². The zero-order valence-corrected chi connectivity index (χ0v) is 13.7. The van der Waals surface area contributed by atoms with E-state index in [9.17, 15) is 4.79 Å².